The number of anilines is 1. The zero-order valence-electron chi connectivity index (χ0n) is 11.4. The van der Waals surface area contributed by atoms with Crippen LogP contribution >= 0.6 is 23.2 Å². The van der Waals surface area contributed by atoms with Crippen LogP contribution in [0.3, 0.4) is 0 Å². The minimum Gasteiger partial charge on any atom is -0.383 e. The Balaban J connectivity index is 2.07. The molecule has 5 heteroatoms. The molecule has 1 aromatic carbocycles. The van der Waals surface area contributed by atoms with E-state index in [0.29, 0.717) is 21.8 Å². The van der Waals surface area contributed by atoms with Crippen molar-refractivity contribution >= 4 is 29.0 Å². The predicted molar refractivity (Wildman–Crippen MR) is 84.3 cm³/mol. The van der Waals surface area contributed by atoms with Gasteiger partial charge in [-0.25, -0.2) is 4.98 Å². The molecule has 2 aromatic rings. The number of nitrogens with two attached hydrogens (primary N) is 1. The van der Waals surface area contributed by atoms with Crippen molar-refractivity contribution < 1.29 is 0 Å². The average Bonchev–Trinajstić information content (AvgIpc) is 2.99. The first kappa shape index (κ1) is 13.8. The van der Waals surface area contributed by atoms with Crippen LogP contribution in [0.4, 0.5) is 5.82 Å². The smallest absolute Gasteiger partial charge is 0.131 e. The fraction of sp³-hybridized carbons (Fsp3) is 0.400. The van der Waals surface area contributed by atoms with Gasteiger partial charge in [0.1, 0.15) is 17.3 Å². The lowest BCUT2D eigenvalue weighted by Gasteiger charge is -2.08. The molecule has 0 saturated heterocycles. The Morgan fingerprint density at radius 1 is 1.15 bits per heavy atom. The summed E-state index contributed by atoms with van der Waals surface area (Å²) in [6.45, 7) is 0. The van der Waals surface area contributed by atoms with Crippen LogP contribution in [0.1, 0.15) is 37.4 Å². The molecule has 3 nitrogen and oxygen atoms in total. The Labute approximate surface area is 128 Å². The third-order valence-electron chi connectivity index (χ3n) is 4.03. The first-order valence-electron chi connectivity index (χ1n) is 6.85. The molecule has 0 spiro atoms. The zero-order chi connectivity index (χ0) is 14.3. The zero-order valence-corrected chi connectivity index (χ0v) is 12.9. The maximum absolute atomic E-state index is 6.22. The van der Waals surface area contributed by atoms with Gasteiger partial charge in [0.05, 0.1) is 0 Å². The molecule has 1 heterocycles. The molecule has 1 aliphatic carbocycles. The highest BCUT2D eigenvalue weighted by Gasteiger charge is 2.24. The number of halogens is 2. The molecular formula is C15H17Cl2N3. The number of rotatable bonds is 2. The number of nitrogens with zero attached hydrogens (tertiary/aromatic N) is 2. The Hall–Kier alpha value is -1.19. The molecule has 1 fully saturated rings. The number of hydrogen-bond acceptors (Lipinski definition) is 2. The van der Waals surface area contributed by atoms with Gasteiger partial charge in [-0.3, -0.25) is 0 Å². The van der Waals surface area contributed by atoms with Crippen LogP contribution < -0.4 is 5.73 Å². The van der Waals surface area contributed by atoms with Crippen LogP contribution in [0.15, 0.2) is 18.2 Å². The Kier molecular flexibility index (Phi) is 3.65. The molecule has 1 aromatic heterocycles. The Morgan fingerprint density at radius 3 is 2.35 bits per heavy atom. The van der Waals surface area contributed by atoms with E-state index in [4.69, 9.17) is 33.9 Å². The van der Waals surface area contributed by atoms with Crippen molar-refractivity contribution in [2.24, 2.45) is 7.05 Å². The van der Waals surface area contributed by atoms with Gasteiger partial charge in [0.2, 0.25) is 0 Å². The Morgan fingerprint density at radius 2 is 1.75 bits per heavy atom. The topological polar surface area (TPSA) is 43.8 Å². The van der Waals surface area contributed by atoms with Crippen LogP contribution in [-0.2, 0) is 7.05 Å². The fourth-order valence-electron chi connectivity index (χ4n) is 2.98. The number of benzene rings is 1. The Bertz CT molecular complexity index is 623. The first-order chi connectivity index (χ1) is 9.56. The van der Waals surface area contributed by atoms with Gasteiger partial charge in [0, 0.05) is 28.6 Å². The summed E-state index contributed by atoms with van der Waals surface area (Å²) in [6.07, 6.45) is 4.94. The quantitative estimate of drug-likeness (QED) is 0.878. The van der Waals surface area contributed by atoms with Gasteiger partial charge in [0.15, 0.2) is 0 Å². The van der Waals surface area contributed by atoms with E-state index in [9.17, 15) is 0 Å². The van der Waals surface area contributed by atoms with E-state index in [2.05, 4.69) is 0 Å². The van der Waals surface area contributed by atoms with Crippen LogP contribution in [0.2, 0.25) is 10.0 Å². The predicted octanol–water partition coefficient (Wildman–Crippen LogP) is 4.63. The van der Waals surface area contributed by atoms with Gasteiger partial charge in [-0.05, 0) is 31.0 Å². The third-order valence-corrected chi connectivity index (χ3v) is 4.47. The summed E-state index contributed by atoms with van der Waals surface area (Å²) in [5.74, 6) is 2.27. The maximum atomic E-state index is 6.22. The van der Waals surface area contributed by atoms with E-state index in [0.717, 1.165) is 17.1 Å². The average molecular weight is 310 g/mol. The monoisotopic (exact) mass is 309 g/mol. The molecule has 106 valence electrons. The highest BCUT2D eigenvalue weighted by Crippen LogP contribution is 2.37. The molecule has 0 bridgehead atoms. The van der Waals surface area contributed by atoms with E-state index in [1.54, 1.807) is 6.07 Å². The van der Waals surface area contributed by atoms with Gasteiger partial charge in [-0.1, -0.05) is 36.0 Å². The molecule has 3 rings (SSSR count). The molecule has 0 radical (unpaired) electrons. The van der Waals surface area contributed by atoms with E-state index >= 15 is 0 Å². The van der Waals surface area contributed by atoms with E-state index < -0.39 is 0 Å². The van der Waals surface area contributed by atoms with Gasteiger partial charge < -0.3 is 10.3 Å². The number of imidazole rings is 1. The van der Waals surface area contributed by atoms with E-state index in [1.165, 1.54) is 25.7 Å². The van der Waals surface area contributed by atoms with Gasteiger partial charge in [-0.2, -0.15) is 0 Å². The van der Waals surface area contributed by atoms with Crippen molar-refractivity contribution in [2.45, 2.75) is 31.6 Å². The molecule has 1 saturated carbocycles. The molecule has 0 atom stereocenters. The van der Waals surface area contributed by atoms with Gasteiger partial charge >= 0.3 is 0 Å². The van der Waals surface area contributed by atoms with Crippen molar-refractivity contribution in [3.05, 3.63) is 34.1 Å². The summed E-state index contributed by atoms with van der Waals surface area (Å²) < 4.78 is 2.00. The highest BCUT2D eigenvalue weighted by atomic mass is 35.5. The standard InChI is InChI=1S/C15H17Cl2N3/c1-20-14(18)13(10-6-11(16)8-12(17)7-10)19-15(20)9-4-2-3-5-9/h6-9H,2-5,18H2,1H3. The second-order valence-electron chi connectivity index (χ2n) is 5.40. The third kappa shape index (κ3) is 2.40. The summed E-state index contributed by atoms with van der Waals surface area (Å²) in [5.41, 5.74) is 7.87. The summed E-state index contributed by atoms with van der Waals surface area (Å²) in [5, 5.41) is 1.19. The van der Waals surface area contributed by atoms with E-state index in [1.807, 2.05) is 23.7 Å². The van der Waals surface area contributed by atoms with Crippen molar-refractivity contribution in [2.75, 3.05) is 5.73 Å². The van der Waals surface area contributed by atoms with Crippen molar-refractivity contribution in [3.63, 3.8) is 0 Å². The lowest BCUT2D eigenvalue weighted by atomic mass is 10.1. The van der Waals surface area contributed by atoms with Crippen LogP contribution in [-0.4, -0.2) is 9.55 Å². The summed E-state index contributed by atoms with van der Waals surface area (Å²) in [7, 11) is 1.98. The highest BCUT2D eigenvalue weighted by molar-refractivity contribution is 6.35. The second-order valence-corrected chi connectivity index (χ2v) is 6.28. The molecular weight excluding hydrogens is 293 g/mol. The van der Waals surface area contributed by atoms with Crippen molar-refractivity contribution in [1.82, 2.24) is 9.55 Å². The minimum atomic E-state index is 0.519. The SMILES string of the molecule is Cn1c(C2CCCC2)nc(-c2cc(Cl)cc(Cl)c2)c1N. The van der Waals surface area contributed by atoms with Gasteiger partial charge in [-0.15, -0.1) is 0 Å². The van der Waals surface area contributed by atoms with Crippen molar-refractivity contribution in [1.29, 1.82) is 0 Å². The molecule has 1 aliphatic rings. The first-order valence-corrected chi connectivity index (χ1v) is 7.60. The molecule has 0 amide bonds. The molecule has 0 aliphatic heterocycles. The molecule has 2 N–H and O–H groups in total. The summed E-state index contributed by atoms with van der Waals surface area (Å²) in [6, 6.07) is 5.42. The molecule has 0 unspecified atom stereocenters. The minimum absolute atomic E-state index is 0.519. The van der Waals surface area contributed by atoms with E-state index in [-0.39, 0.29) is 0 Å². The normalized spacial score (nSPS) is 15.9. The largest absolute Gasteiger partial charge is 0.383 e. The van der Waals surface area contributed by atoms with Crippen LogP contribution in [0.25, 0.3) is 11.3 Å². The summed E-state index contributed by atoms with van der Waals surface area (Å²) in [4.78, 5) is 4.76. The lowest BCUT2D eigenvalue weighted by Crippen LogP contribution is -2.05. The maximum Gasteiger partial charge on any atom is 0.131 e. The molecule has 20 heavy (non-hydrogen) atoms. The second kappa shape index (κ2) is 5.30. The summed E-state index contributed by atoms with van der Waals surface area (Å²) >= 11 is 12.1. The van der Waals surface area contributed by atoms with Gasteiger partial charge in [0.25, 0.3) is 0 Å². The van der Waals surface area contributed by atoms with Crippen molar-refractivity contribution in [3.8, 4) is 11.3 Å². The number of hydrogen-bond donors (Lipinski definition) is 1. The number of aromatic nitrogens is 2. The number of nitrogen functional groups attached to an aromatic ring is 1. The van der Waals surface area contributed by atoms with Crippen LogP contribution in [0, 0.1) is 0 Å². The van der Waals surface area contributed by atoms with Crippen LogP contribution in [0.5, 0.6) is 0 Å². The lowest BCUT2D eigenvalue weighted by molar-refractivity contribution is 0.635. The fourth-order valence-corrected chi connectivity index (χ4v) is 3.51.